The number of aliphatic hydroxyl groups excluding tert-OH is 1. The van der Waals surface area contributed by atoms with E-state index in [-0.39, 0.29) is 12.5 Å². The second kappa shape index (κ2) is 5.07. The second-order valence-electron chi connectivity index (χ2n) is 4.56. The maximum Gasteiger partial charge on any atom is 0.126 e. The molecule has 2 atom stereocenters. The average Bonchev–Trinajstić information content (AvgIpc) is 3.10. The van der Waals surface area contributed by atoms with Gasteiger partial charge in [0.2, 0.25) is 0 Å². The Bertz CT molecular complexity index is 461. The van der Waals surface area contributed by atoms with E-state index >= 15 is 0 Å². The van der Waals surface area contributed by atoms with E-state index in [0.29, 0.717) is 5.57 Å². The summed E-state index contributed by atoms with van der Waals surface area (Å²) in [6.45, 7) is 5.82. The highest BCUT2D eigenvalue weighted by atomic mass is 16.3. The summed E-state index contributed by atoms with van der Waals surface area (Å²) in [4.78, 5) is 13.4. The predicted octanol–water partition coefficient (Wildman–Crippen LogP) is 1.60. The number of carbonyl (C=O) groups excluding carboxylic acids is 1. The van der Waals surface area contributed by atoms with Crippen molar-refractivity contribution in [1.29, 1.82) is 0 Å². The van der Waals surface area contributed by atoms with Crippen molar-refractivity contribution in [3.8, 4) is 0 Å². The number of aliphatic hydroxyl groups is 1. The molecule has 0 radical (unpaired) electrons. The summed E-state index contributed by atoms with van der Waals surface area (Å²) in [6, 6.07) is 9.93. The first kappa shape index (κ1) is 13.0. The van der Waals surface area contributed by atoms with Crippen LogP contribution in [0.4, 0.5) is 0 Å². The van der Waals surface area contributed by atoms with Gasteiger partial charge >= 0.3 is 0 Å². The molecule has 1 aliphatic rings. The third-order valence-electron chi connectivity index (χ3n) is 3.95. The molecule has 1 fully saturated rings. The minimum absolute atomic E-state index is 0.00400. The van der Waals surface area contributed by atoms with Crippen LogP contribution in [0, 0.1) is 5.92 Å². The van der Waals surface area contributed by atoms with Crippen molar-refractivity contribution >= 4 is 5.94 Å². The van der Waals surface area contributed by atoms with E-state index in [1.807, 2.05) is 36.3 Å². The topological polar surface area (TPSA) is 40.5 Å². The third-order valence-corrected chi connectivity index (χ3v) is 3.95. The summed E-state index contributed by atoms with van der Waals surface area (Å²) in [5.41, 5.74) is 1.33. The Morgan fingerprint density at radius 2 is 1.89 bits per heavy atom. The Morgan fingerprint density at radius 3 is 2.28 bits per heavy atom. The van der Waals surface area contributed by atoms with Crippen molar-refractivity contribution in [2.24, 2.45) is 5.92 Å². The van der Waals surface area contributed by atoms with Crippen molar-refractivity contribution < 1.29 is 9.90 Å². The summed E-state index contributed by atoms with van der Waals surface area (Å²) >= 11 is 0. The normalized spacial score (nSPS) is 26.2. The smallest absolute Gasteiger partial charge is 0.126 e. The molecule has 1 aliphatic carbocycles. The summed E-state index contributed by atoms with van der Waals surface area (Å²) in [7, 11) is 0. The minimum Gasteiger partial charge on any atom is -0.396 e. The highest BCUT2D eigenvalue weighted by Crippen LogP contribution is 2.59. The lowest BCUT2D eigenvalue weighted by Crippen LogP contribution is -2.37. The number of hydrogen-bond donors (Lipinski definition) is 1. The monoisotopic (exact) mass is 245 g/mol. The van der Waals surface area contributed by atoms with Gasteiger partial charge in [-0.1, -0.05) is 44.2 Å². The molecule has 3 nitrogen and oxygen atoms in total. The van der Waals surface area contributed by atoms with Crippen LogP contribution >= 0.6 is 0 Å². The van der Waals surface area contributed by atoms with Crippen LogP contribution < -0.4 is 0 Å². The Balaban J connectivity index is 2.53. The van der Waals surface area contributed by atoms with Gasteiger partial charge in [-0.05, 0) is 18.7 Å². The largest absolute Gasteiger partial charge is 0.396 e. The molecule has 0 aliphatic heterocycles. The molecule has 0 amide bonds. The summed E-state index contributed by atoms with van der Waals surface area (Å²) in [6.07, 6.45) is 0. The Hall–Kier alpha value is -1.41. The summed E-state index contributed by atoms with van der Waals surface area (Å²) in [5, 5.41) is 9.52. The van der Waals surface area contributed by atoms with Gasteiger partial charge in [0.05, 0.1) is 12.1 Å². The molecule has 3 heteroatoms. The molecule has 1 aromatic carbocycles. The van der Waals surface area contributed by atoms with Crippen LogP contribution in [-0.2, 0) is 10.3 Å². The van der Waals surface area contributed by atoms with Gasteiger partial charge in [-0.15, -0.1) is 0 Å². The van der Waals surface area contributed by atoms with Crippen molar-refractivity contribution in [2.75, 3.05) is 19.7 Å². The number of nitrogens with zero attached hydrogens (tertiary/aromatic N) is 1. The van der Waals surface area contributed by atoms with Crippen molar-refractivity contribution in [3.05, 3.63) is 41.5 Å². The van der Waals surface area contributed by atoms with E-state index in [1.165, 1.54) is 0 Å². The van der Waals surface area contributed by atoms with Crippen LogP contribution in [-0.4, -0.2) is 35.6 Å². The van der Waals surface area contributed by atoms with Crippen molar-refractivity contribution in [1.82, 2.24) is 4.90 Å². The second-order valence-corrected chi connectivity index (χ2v) is 4.56. The van der Waals surface area contributed by atoms with E-state index < -0.39 is 5.54 Å². The fraction of sp³-hybridized carbons (Fsp3) is 0.467. The highest BCUT2D eigenvalue weighted by Gasteiger charge is 2.64. The van der Waals surface area contributed by atoms with E-state index in [0.717, 1.165) is 18.7 Å². The first-order chi connectivity index (χ1) is 8.77. The molecule has 1 saturated carbocycles. The quantitative estimate of drug-likeness (QED) is 0.801. The fourth-order valence-electron chi connectivity index (χ4n) is 3.10. The minimum atomic E-state index is -0.429. The molecule has 2 unspecified atom stereocenters. The van der Waals surface area contributed by atoms with Gasteiger partial charge in [-0.3, -0.25) is 4.90 Å². The third kappa shape index (κ3) is 1.64. The van der Waals surface area contributed by atoms with E-state index in [2.05, 4.69) is 18.7 Å². The molecule has 2 rings (SSSR count). The van der Waals surface area contributed by atoms with Gasteiger partial charge in [0.15, 0.2) is 0 Å². The highest BCUT2D eigenvalue weighted by molar-refractivity contribution is 5.71. The first-order valence-corrected chi connectivity index (χ1v) is 6.44. The lowest BCUT2D eigenvalue weighted by Gasteiger charge is -2.30. The SMILES string of the molecule is CCN(CC)C1(c2ccccc2)C(=C=O)C1CO. The Kier molecular flexibility index (Phi) is 3.67. The van der Waals surface area contributed by atoms with Gasteiger partial charge in [0.25, 0.3) is 0 Å². The molecule has 0 heterocycles. The van der Waals surface area contributed by atoms with Crippen LogP contribution in [0.15, 0.2) is 35.9 Å². The van der Waals surface area contributed by atoms with E-state index in [9.17, 15) is 9.90 Å². The molecule has 1 aromatic rings. The number of benzene rings is 1. The zero-order valence-electron chi connectivity index (χ0n) is 10.9. The fourth-order valence-corrected chi connectivity index (χ4v) is 3.10. The molecule has 96 valence electrons. The first-order valence-electron chi connectivity index (χ1n) is 6.44. The van der Waals surface area contributed by atoms with Crippen LogP contribution in [0.25, 0.3) is 0 Å². The summed E-state index contributed by atoms with van der Waals surface area (Å²) < 4.78 is 0. The maximum atomic E-state index is 11.2. The van der Waals surface area contributed by atoms with Gasteiger partial charge in [-0.25, -0.2) is 4.79 Å². The molecular weight excluding hydrogens is 226 g/mol. The van der Waals surface area contributed by atoms with E-state index in [4.69, 9.17) is 0 Å². The molecule has 0 spiro atoms. The Labute approximate surface area is 108 Å². The number of hydrogen-bond acceptors (Lipinski definition) is 3. The molecule has 0 aromatic heterocycles. The molecule has 0 bridgehead atoms. The molecule has 0 saturated heterocycles. The van der Waals surface area contributed by atoms with Gasteiger partial charge in [-0.2, -0.15) is 0 Å². The summed E-state index contributed by atoms with van der Waals surface area (Å²) in [5.74, 6) is 1.93. The van der Waals surface area contributed by atoms with Crippen LogP contribution in [0.3, 0.4) is 0 Å². The zero-order chi connectivity index (χ0) is 13.2. The van der Waals surface area contributed by atoms with Crippen LogP contribution in [0.2, 0.25) is 0 Å². The lowest BCUT2D eigenvalue weighted by molar-refractivity contribution is 0.158. The molecule has 1 N–H and O–H groups in total. The predicted molar refractivity (Wildman–Crippen MR) is 70.8 cm³/mol. The standard InChI is InChI=1S/C15H19NO2/c1-3-16(4-2)15(12-8-6-5-7-9-12)13(10-17)14(15)11-18/h5-9,13,17H,3-4,10H2,1-2H3. The average molecular weight is 245 g/mol. The zero-order valence-corrected chi connectivity index (χ0v) is 10.9. The van der Waals surface area contributed by atoms with Crippen molar-refractivity contribution in [3.63, 3.8) is 0 Å². The van der Waals surface area contributed by atoms with Crippen LogP contribution in [0.5, 0.6) is 0 Å². The maximum absolute atomic E-state index is 11.2. The Morgan fingerprint density at radius 1 is 1.28 bits per heavy atom. The van der Waals surface area contributed by atoms with Crippen LogP contribution in [0.1, 0.15) is 19.4 Å². The lowest BCUT2D eigenvalue weighted by atomic mass is 9.99. The van der Waals surface area contributed by atoms with Crippen molar-refractivity contribution in [2.45, 2.75) is 19.4 Å². The molecular formula is C15H19NO2. The van der Waals surface area contributed by atoms with Gasteiger partial charge in [0.1, 0.15) is 5.94 Å². The number of rotatable bonds is 5. The van der Waals surface area contributed by atoms with Gasteiger partial charge in [0, 0.05) is 11.5 Å². The van der Waals surface area contributed by atoms with Gasteiger partial charge < -0.3 is 5.11 Å². The van der Waals surface area contributed by atoms with E-state index in [1.54, 1.807) is 0 Å². The molecule has 18 heavy (non-hydrogen) atoms. The number of likely N-dealkylation sites (N-methyl/N-ethyl adjacent to an activating group) is 1.